The van der Waals surface area contributed by atoms with Crippen molar-refractivity contribution in [2.24, 2.45) is 0 Å². The molecule has 4 aromatic carbocycles. The summed E-state index contributed by atoms with van der Waals surface area (Å²) >= 11 is 27.9. The fraction of sp³-hybridized carbons (Fsp3) is 0.250. The Kier molecular flexibility index (Phi) is 25.3. The van der Waals surface area contributed by atoms with Crippen LogP contribution in [0, 0.1) is 34.6 Å². The minimum absolute atomic E-state index is 0. The molecule has 57 heavy (non-hydrogen) atoms. The predicted octanol–water partition coefficient (Wildman–Crippen LogP) is 6.77. The van der Waals surface area contributed by atoms with Crippen LogP contribution < -0.4 is 38.9 Å². The van der Waals surface area contributed by atoms with Crippen LogP contribution >= 0.6 is 78.3 Å². The molecule has 0 aliphatic heterocycles. The zero-order valence-corrected chi connectivity index (χ0v) is 38.4. The van der Waals surface area contributed by atoms with E-state index in [9.17, 15) is 31.9 Å². The summed E-state index contributed by atoms with van der Waals surface area (Å²) in [5, 5.41) is 25.1. The molecule has 0 atom stereocenters. The molecule has 0 heterocycles. The normalized spacial score (nSPS) is 13.4. The molecule has 0 aromatic heterocycles. The number of aldehydes is 2. The summed E-state index contributed by atoms with van der Waals surface area (Å²) in [5.41, 5.74) is 1.94. The number of hydrogen-bond acceptors (Lipinski definition) is 7. The molecular weight excluding hydrogens is 1010 g/mol. The number of carbonyl (C=O) groups excluding carboxylic acids is 2. The molecule has 7 rings (SSSR count). The van der Waals surface area contributed by atoms with E-state index in [1.54, 1.807) is 12.1 Å². The molecule has 3 aliphatic rings. The van der Waals surface area contributed by atoms with Gasteiger partial charge in [-0.1, -0.05) is 103 Å². The van der Waals surface area contributed by atoms with Crippen molar-refractivity contribution < 1.29 is 97.3 Å². The number of rotatable bonds is 6. The molecular formula is C36H29BBr2Cl5F4NaO8. The first kappa shape index (κ1) is 53.7. The SMILES string of the molecule is Fc1ccc(Br)cc1Cl.O=C(O)c1c(C2CC2)ccc(F)c1Cl.O=Cc1c(Br)ccc(F)c1Cl.O=Cc1c(C2CC2)ccc(F)c1Cl.OB(O)C1CC1.[Na+].[O-][Cl+][O-]. The summed E-state index contributed by atoms with van der Waals surface area (Å²) in [6, 6.07) is 12.8. The van der Waals surface area contributed by atoms with Crippen LogP contribution in [-0.4, -0.2) is 40.8 Å². The van der Waals surface area contributed by atoms with Gasteiger partial charge < -0.3 is 24.5 Å². The van der Waals surface area contributed by atoms with Crippen LogP contribution in [0.25, 0.3) is 0 Å². The third-order valence-corrected chi connectivity index (χ3v) is 10.4. The first-order valence-corrected chi connectivity index (χ1v) is 19.7. The molecule has 0 bridgehead atoms. The van der Waals surface area contributed by atoms with Crippen LogP contribution in [0.15, 0.2) is 63.5 Å². The monoisotopic (exact) mass is 1030 g/mol. The fourth-order valence-corrected chi connectivity index (χ4v) is 6.37. The van der Waals surface area contributed by atoms with Crippen LogP contribution in [-0.2, 0) is 0 Å². The molecule has 21 heteroatoms. The summed E-state index contributed by atoms with van der Waals surface area (Å²) in [6.07, 6.45) is 7.21. The topological polar surface area (TPSA) is 158 Å². The van der Waals surface area contributed by atoms with Crippen molar-refractivity contribution >= 4 is 104 Å². The van der Waals surface area contributed by atoms with Crippen molar-refractivity contribution in [2.45, 2.75) is 56.2 Å². The number of hydrogen-bond donors (Lipinski definition) is 3. The van der Waals surface area contributed by atoms with Gasteiger partial charge in [-0.15, -0.1) is 0 Å². The molecule has 0 amide bonds. The fourth-order valence-electron chi connectivity index (χ4n) is 4.48. The van der Waals surface area contributed by atoms with Crippen LogP contribution in [0.3, 0.4) is 0 Å². The molecule has 4 aromatic rings. The second-order valence-corrected chi connectivity index (χ2v) is 15.3. The number of carboxylic acid groups (broad SMARTS) is 1. The van der Waals surface area contributed by atoms with Gasteiger partial charge in [-0.3, -0.25) is 9.59 Å². The summed E-state index contributed by atoms with van der Waals surface area (Å²) in [6.45, 7) is 0. The standard InChI is InChI=1S/C10H8ClFO2.C10H8ClFO.C7H3BrClFO.C6H3BrClF.C3H7BO2.ClO2.Na/c11-9-7(12)4-3-6(5-1-2-5)8(9)10(13)14;11-10-8(5-13)7(6-1-2-6)3-4-9(10)12;8-5-1-2-6(10)7(9)4(5)3-11;7-4-1-2-6(9)5(8)3-4;5-4(6)3-1-2-3;2-1-3;/h3-5H,1-2H2,(H,13,14);3-6H,1-2H2;1-3H;1-3H;3,5-6H,1-2H2;;/q;;;;;-1;+1. The van der Waals surface area contributed by atoms with Gasteiger partial charge >= 0.3 is 42.6 Å². The minimum Gasteiger partial charge on any atom is -0.544 e. The second-order valence-electron chi connectivity index (χ2n) is 11.9. The van der Waals surface area contributed by atoms with Gasteiger partial charge in [0, 0.05) is 14.5 Å². The molecule has 302 valence electrons. The number of aromatic carboxylic acids is 1. The Morgan fingerprint density at radius 3 is 1.49 bits per heavy atom. The van der Waals surface area contributed by atoms with E-state index in [0.29, 0.717) is 34.1 Å². The summed E-state index contributed by atoms with van der Waals surface area (Å²) in [7, 11) is -1.04. The summed E-state index contributed by atoms with van der Waals surface area (Å²) < 4.78 is 68.7. The smallest absolute Gasteiger partial charge is 0.544 e. The Morgan fingerprint density at radius 1 is 0.702 bits per heavy atom. The molecule has 0 spiro atoms. The van der Waals surface area contributed by atoms with Crippen molar-refractivity contribution in [2.75, 3.05) is 0 Å². The minimum atomic E-state index is -1.16. The Hall–Kier alpha value is -1.28. The number of carbonyl (C=O) groups is 3. The van der Waals surface area contributed by atoms with Crippen LogP contribution in [0.4, 0.5) is 17.6 Å². The van der Waals surface area contributed by atoms with Crippen molar-refractivity contribution in [3.8, 4) is 0 Å². The average Bonchev–Trinajstić information content (AvgIpc) is 3.97. The molecule has 0 unspecified atom stereocenters. The number of carboxylic acids is 1. The Labute approximate surface area is 388 Å². The van der Waals surface area contributed by atoms with E-state index in [1.165, 1.54) is 42.5 Å². The molecule has 3 fully saturated rings. The largest absolute Gasteiger partial charge is 1.00 e. The molecule has 0 radical (unpaired) electrons. The van der Waals surface area contributed by atoms with E-state index in [0.717, 1.165) is 48.6 Å². The molecule has 8 nitrogen and oxygen atoms in total. The van der Waals surface area contributed by atoms with Crippen LogP contribution in [0.2, 0.25) is 25.9 Å². The quantitative estimate of drug-likeness (QED) is 0.0828. The van der Waals surface area contributed by atoms with E-state index in [2.05, 4.69) is 31.9 Å². The molecule has 3 aliphatic carbocycles. The Bertz CT molecular complexity index is 1980. The maximum atomic E-state index is 13.0. The third kappa shape index (κ3) is 18.1. The zero-order chi connectivity index (χ0) is 42.3. The van der Waals surface area contributed by atoms with E-state index in [4.69, 9.17) is 70.9 Å². The second kappa shape index (κ2) is 26.8. The van der Waals surface area contributed by atoms with E-state index in [1.807, 2.05) is 0 Å². The Morgan fingerprint density at radius 2 is 1.12 bits per heavy atom. The van der Waals surface area contributed by atoms with Crippen LogP contribution in [0.5, 0.6) is 0 Å². The zero-order valence-electron chi connectivity index (χ0n) is 29.4. The molecule has 3 saturated carbocycles. The molecule has 0 saturated heterocycles. The first-order valence-electron chi connectivity index (χ1n) is 16.0. The first-order chi connectivity index (χ1) is 26.4. The van der Waals surface area contributed by atoms with Crippen molar-refractivity contribution in [1.29, 1.82) is 0 Å². The van der Waals surface area contributed by atoms with Gasteiger partial charge in [0.2, 0.25) is 0 Å². The van der Waals surface area contributed by atoms with Gasteiger partial charge in [0.25, 0.3) is 0 Å². The van der Waals surface area contributed by atoms with Gasteiger partial charge in [0.05, 0.1) is 42.5 Å². The third-order valence-electron chi connectivity index (χ3n) is 7.78. The van der Waals surface area contributed by atoms with Crippen LogP contribution in [0.1, 0.15) is 92.6 Å². The predicted molar refractivity (Wildman–Crippen MR) is 206 cm³/mol. The van der Waals surface area contributed by atoms with E-state index in [-0.39, 0.29) is 78.3 Å². The summed E-state index contributed by atoms with van der Waals surface area (Å²) in [5.74, 6) is -2.45. The maximum Gasteiger partial charge on any atom is 1.00 e. The Balaban J connectivity index is 0.000000356. The molecule has 3 N–H and O–H groups in total. The van der Waals surface area contributed by atoms with Gasteiger partial charge in [-0.25, -0.2) is 22.4 Å². The average molecular weight is 1040 g/mol. The van der Waals surface area contributed by atoms with Gasteiger partial charge in [-0.05, 0) is 96.9 Å². The number of halogens is 11. The van der Waals surface area contributed by atoms with Gasteiger partial charge in [0.1, 0.15) is 23.3 Å². The van der Waals surface area contributed by atoms with Crippen molar-refractivity contribution in [3.63, 3.8) is 0 Å². The van der Waals surface area contributed by atoms with Gasteiger partial charge in [-0.2, -0.15) is 0 Å². The number of benzene rings is 4. The maximum absolute atomic E-state index is 13.0. The van der Waals surface area contributed by atoms with Crippen molar-refractivity contribution in [1.82, 2.24) is 0 Å². The van der Waals surface area contributed by atoms with Gasteiger partial charge in [0.15, 0.2) is 12.6 Å². The van der Waals surface area contributed by atoms with E-state index < -0.39 is 41.9 Å². The van der Waals surface area contributed by atoms with Crippen molar-refractivity contribution in [3.05, 3.63) is 135 Å². The van der Waals surface area contributed by atoms with E-state index >= 15 is 0 Å². The summed E-state index contributed by atoms with van der Waals surface area (Å²) in [4.78, 5) is 31.9.